The summed E-state index contributed by atoms with van der Waals surface area (Å²) in [5, 5.41) is 10.9. The Balaban J connectivity index is 2.33. The molecule has 0 spiro atoms. The van der Waals surface area contributed by atoms with Crippen LogP contribution < -0.4 is 10.5 Å². The topological polar surface area (TPSA) is 95.5 Å². The Kier molecular flexibility index (Phi) is 5.09. The van der Waals surface area contributed by atoms with Gasteiger partial charge in [0.05, 0.1) is 11.5 Å². The molecule has 0 atom stereocenters. The van der Waals surface area contributed by atoms with Crippen LogP contribution in [0.1, 0.15) is 22.8 Å². The van der Waals surface area contributed by atoms with Crippen molar-refractivity contribution in [2.24, 2.45) is 0 Å². The number of nitro benzene ring substituents is 1. The standard InChI is InChI=1S/C17H16N2O4/c1-2-23-17-10-8-13(19(21)22)11-12(17)7-9-16(20)14-5-3-4-6-15(14)18/h3-11H,2,18H2,1H3/b9-7+. The number of para-hydroxylation sites is 1. The molecule has 0 aliphatic carbocycles. The normalized spacial score (nSPS) is 10.7. The van der Waals surface area contributed by atoms with E-state index in [1.54, 1.807) is 24.3 Å². The second-order valence-corrected chi connectivity index (χ2v) is 4.70. The number of rotatable bonds is 6. The summed E-state index contributed by atoms with van der Waals surface area (Å²) in [5.74, 6) is 0.195. The third kappa shape index (κ3) is 3.94. The van der Waals surface area contributed by atoms with Crippen molar-refractivity contribution in [1.29, 1.82) is 0 Å². The van der Waals surface area contributed by atoms with E-state index in [4.69, 9.17) is 10.5 Å². The lowest BCUT2D eigenvalue weighted by Crippen LogP contribution is -2.00. The minimum absolute atomic E-state index is 0.0697. The number of nitrogens with zero attached hydrogens (tertiary/aromatic N) is 1. The van der Waals surface area contributed by atoms with E-state index in [9.17, 15) is 14.9 Å². The van der Waals surface area contributed by atoms with Crippen LogP contribution in [0.15, 0.2) is 48.5 Å². The first-order valence-electron chi connectivity index (χ1n) is 7.01. The quantitative estimate of drug-likeness (QED) is 0.290. The molecule has 2 aromatic rings. The fourth-order valence-electron chi connectivity index (χ4n) is 2.04. The molecular weight excluding hydrogens is 296 g/mol. The Bertz CT molecular complexity index is 769. The third-order valence-electron chi connectivity index (χ3n) is 3.14. The maximum Gasteiger partial charge on any atom is 0.270 e. The van der Waals surface area contributed by atoms with E-state index in [1.807, 2.05) is 6.92 Å². The molecule has 0 saturated heterocycles. The molecule has 2 N–H and O–H groups in total. The summed E-state index contributed by atoms with van der Waals surface area (Å²) in [5.41, 5.74) is 6.92. The number of nitrogen functional groups attached to an aromatic ring is 1. The predicted octanol–water partition coefficient (Wildman–Crippen LogP) is 3.47. The highest BCUT2D eigenvalue weighted by molar-refractivity contribution is 6.10. The molecule has 6 nitrogen and oxygen atoms in total. The highest BCUT2D eigenvalue weighted by Crippen LogP contribution is 2.26. The van der Waals surface area contributed by atoms with Crippen molar-refractivity contribution in [3.05, 3.63) is 69.8 Å². The van der Waals surface area contributed by atoms with Gasteiger partial charge in [0.15, 0.2) is 5.78 Å². The van der Waals surface area contributed by atoms with Crippen molar-refractivity contribution >= 4 is 23.2 Å². The zero-order chi connectivity index (χ0) is 16.8. The number of allylic oxidation sites excluding steroid dienone is 1. The third-order valence-corrected chi connectivity index (χ3v) is 3.14. The lowest BCUT2D eigenvalue weighted by Gasteiger charge is -2.07. The number of ketones is 1. The molecule has 0 radical (unpaired) electrons. The van der Waals surface area contributed by atoms with Crippen molar-refractivity contribution in [1.82, 2.24) is 0 Å². The van der Waals surface area contributed by atoms with Crippen LogP contribution in [-0.4, -0.2) is 17.3 Å². The van der Waals surface area contributed by atoms with Crippen molar-refractivity contribution in [2.75, 3.05) is 12.3 Å². The van der Waals surface area contributed by atoms with E-state index in [-0.39, 0.29) is 11.5 Å². The van der Waals surface area contributed by atoms with Crippen LogP contribution in [0.2, 0.25) is 0 Å². The van der Waals surface area contributed by atoms with Crippen LogP contribution >= 0.6 is 0 Å². The van der Waals surface area contributed by atoms with Gasteiger partial charge in [0, 0.05) is 28.9 Å². The lowest BCUT2D eigenvalue weighted by atomic mass is 10.1. The molecule has 2 rings (SSSR count). The molecule has 0 amide bonds. The molecule has 0 aromatic heterocycles. The van der Waals surface area contributed by atoms with Gasteiger partial charge in [0.25, 0.3) is 5.69 Å². The Morgan fingerprint density at radius 1 is 1.30 bits per heavy atom. The summed E-state index contributed by atoms with van der Waals surface area (Å²) in [6, 6.07) is 11.0. The molecule has 0 heterocycles. The zero-order valence-corrected chi connectivity index (χ0v) is 12.6. The molecule has 118 valence electrons. The van der Waals surface area contributed by atoms with Gasteiger partial charge >= 0.3 is 0 Å². The fraction of sp³-hybridized carbons (Fsp3) is 0.118. The number of nitro groups is 1. The van der Waals surface area contributed by atoms with Gasteiger partial charge in [-0.2, -0.15) is 0 Å². The summed E-state index contributed by atoms with van der Waals surface area (Å²) >= 11 is 0. The van der Waals surface area contributed by atoms with E-state index in [0.29, 0.717) is 29.2 Å². The summed E-state index contributed by atoms with van der Waals surface area (Å²) in [6.45, 7) is 2.23. The minimum atomic E-state index is -0.496. The van der Waals surface area contributed by atoms with Gasteiger partial charge in [-0.1, -0.05) is 12.1 Å². The molecule has 23 heavy (non-hydrogen) atoms. The van der Waals surface area contributed by atoms with E-state index < -0.39 is 4.92 Å². The molecule has 0 bridgehead atoms. The number of carbonyl (C=O) groups is 1. The van der Waals surface area contributed by atoms with Gasteiger partial charge < -0.3 is 10.5 Å². The second kappa shape index (κ2) is 7.22. The molecule has 2 aromatic carbocycles. The van der Waals surface area contributed by atoms with E-state index >= 15 is 0 Å². The molecule has 0 unspecified atom stereocenters. The van der Waals surface area contributed by atoms with Gasteiger partial charge in [0.2, 0.25) is 0 Å². The van der Waals surface area contributed by atoms with Crippen molar-refractivity contribution < 1.29 is 14.5 Å². The van der Waals surface area contributed by atoms with Crippen molar-refractivity contribution in [3.63, 3.8) is 0 Å². The maximum absolute atomic E-state index is 12.2. The fourth-order valence-corrected chi connectivity index (χ4v) is 2.04. The highest BCUT2D eigenvalue weighted by Gasteiger charge is 2.11. The van der Waals surface area contributed by atoms with E-state index in [0.717, 1.165) is 0 Å². The smallest absolute Gasteiger partial charge is 0.270 e. The molecule has 0 aliphatic rings. The first kappa shape index (κ1) is 16.2. The zero-order valence-electron chi connectivity index (χ0n) is 12.6. The van der Waals surface area contributed by atoms with Crippen LogP contribution in [0.25, 0.3) is 6.08 Å². The molecule has 0 saturated carbocycles. The summed E-state index contributed by atoms with van der Waals surface area (Å²) < 4.78 is 5.42. The van der Waals surface area contributed by atoms with Crippen molar-refractivity contribution in [2.45, 2.75) is 6.92 Å². The van der Waals surface area contributed by atoms with E-state index in [2.05, 4.69) is 0 Å². The molecular formula is C17H16N2O4. The molecule has 0 fully saturated rings. The Morgan fingerprint density at radius 2 is 2.04 bits per heavy atom. The highest BCUT2D eigenvalue weighted by atomic mass is 16.6. The average Bonchev–Trinajstić information content (AvgIpc) is 2.54. The Labute approximate surface area is 133 Å². The van der Waals surface area contributed by atoms with Gasteiger partial charge in [-0.25, -0.2) is 0 Å². The number of non-ortho nitro benzene ring substituents is 1. The van der Waals surface area contributed by atoms with Gasteiger partial charge in [-0.05, 0) is 37.3 Å². The van der Waals surface area contributed by atoms with Crippen LogP contribution in [-0.2, 0) is 0 Å². The van der Waals surface area contributed by atoms with Crippen LogP contribution in [0.3, 0.4) is 0 Å². The van der Waals surface area contributed by atoms with Gasteiger partial charge in [0.1, 0.15) is 5.75 Å². The predicted molar refractivity (Wildman–Crippen MR) is 88.5 cm³/mol. The van der Waals surface area contributed by atoms with Crippen LogP contribution in [0.4, 0.5) is 11.4 Å². The Hall–Kier alpha value is -3.15. The number of anilines is 1. The second-order valence-electron chi connectivity index (χ2n) is 4.70. The maximum atomic E-state index is 12.2. The van der Waals surface area contributed by atoms with Crippen LogP contribution in [0.5, 0.6) is 5.75 Å². The first-order chi connectivity index (χ1) is 11.0. The Morgan fingerprint density at radius 3 is 2.70 bits per heavy atom. The minimum Gasteiger partial charge on any atom is -0.493 e. The molecule has 6 heteroatoms. The largest absolute Gasteiger partial charge is 0.493 e. The summed E-state index contributed by atoms with van der Waals surface area (Å²) in [4.78, 5) is 22.6. The number of carbonyl (C=O) groups excluding carboxylic acids is 1. The number of nitrogens with two attached hydrogens (primary N) is 1. The van der Waals surface area contributed by atoms with Gasteiger partial charge in [-0.3, -0.25) is 14.9 Å². The number of hydrogen-bond acceptors (Lipinski definition) is 5. The van der Waals surface area contributed by atoms with Gasteiger partial charge in [-0.15, -0.1) is 0 Å². The SMILES string of the molecule is CCOc1ccc([N+](=O)[O-])cc1/C=C/C(=O)c1ccccc1N. The summed E-state index contributed by atoms with van der Waals surface area (Å²) in [7, 11) is 0. The monoisotopic (exact) mass is 312 g/mol. The average molecular weight is 312 g/mol. The van der Waals surface area contributed by atoms with Crippen molar-refractivity contribution in [3.8, 4) is 5.75 Å². The molecule has 0 aliphatic heterocycles. The lowest BCUT2D eigenvalue weighted by molar-refractivity contribution is -0.384. The number of ether oxygens (including phenoxy) is 1. The number of benzene rings is 2. The number of hydrogen-bond donors (Lipinski definition) is 1. The summed E-state index contributed by atoms with van der Waals surface area (Å²) in [6.07, 6.45) is 2.82. The van der Waals surface area contributed by atoms with Crippen LogP contribution in [0, 0.1) is 10.1 Å². The van der Waals surface area contributed by atoms with E-state index in [1.165, 1.54) is 30.4 Å². The first-order valence-corrected chi connectivity index (χ1v) is 7.01.